The van der Waals surface area contributed by atoms with Gasteiger partial charge in [0.05, 0.1) is 6.61 Å². The summed E-state index contributed by atoms with van der Waals surface area (Å²) in [6.45, 7) is 0.416. The van der Waals surface area contributed by atoms with Crippen LogP contribution in [0.5, 0.6) is 0 Å². The van der Waals surface area contributed by atoms with Crippen LogP contribution in [0.25, 0.3) is 0 Å². The maximum atomic E-state index is 8.77. The summed E-state index contributed by atoms with van der Waals surface area (Å²) in [5.74, 6) is 0. The first kappa shape index (κ1) is 9.88. The molecular formula is C8H11N3OS. The molecule has 13 heavy (non-hydrogen) atoms. The predicted octanol–water partition coefficient (Wildman–Crippen LogP) is 0.124. The molecule has 0 unspecified atom stereocenters. The minimum Gasteiger partial charge on any atom is -0.395 e. The molecule has 0 saturated heterocycles. The maximum absolute atomic E-state index is 8.77. The average Bonchev–Trinajstić information content (AvgIpc) is 2.15. The molecule has 4 nitrogen and oxygen atoms in total. The molecular weight excluding hydrogens is 186 g/mol. The summed E-state index contributed by atoms with van der Waals surface area (Å²) in [5, 5.41) is 9.02. The SMILES string of the molecule is NC(=S)N(CCO)c1ccncc1. The molecule has 0 atom stereocenters. The lowest BCUT2D eigenvalue weighted by Gasteiger charge is -2.21. The van der Waals surface area contributed by atoms with E-state index >= 15 is 0 Å². The number of nitrogens with zero attached hydrogens (tertiary/aromatic N) is 2. The lowest BCUT2D eigenvalue weighted by molar-refractivity contribution is 0.306. The number of anilines is 1. The third kappa shape index (κ3) is 2.64. The van der Waals surface area contributed by atoms with Gasteiger partial charge in [0.2, 0.25) is 0 Å². The van der Waals surface area contributed by atoms with Crippen LogP contribution in [-0.2, 0) is 0 Å². The van der Waals surface area contributed by atoms with Crippen molar-refractivity contribution >= 4 is 23.0 Å². The van der Waals surface area contributed by atoms with Crippen molar-refractivity contribution in [2.45, 2.75) is 0 Å². The van der Waals surface area contributed by atoms with Crippen LogP contribution in [0.1, 0.15) is 0 Å². The Kier molecular flexibility index (Phi) is 3.60. The van der Waals surface area contributed by atoms with Crippen LogP contribution in [-0.4, -0.2) is 28.4 Å². The van der Waals surface area contributed by atoms with Crippen LogP contribution >= 0.6 is 12.2 Å². The van der Waals surface area contributed by atoms with E-state index in [1.54, 1.807) is 29.4 Å². The van der Waals surface area contributed by atoms with E-state index in [1.807, 2.05) is 0 Å². The van der Waals surface area contributed by atoms with E-state index in [2.05, 4.69) is 4.98 Å². The number of pyridine rings is 1. The van der Waals surface area contributed by atoms with Gasteiger partial charge in [-0.3, -0.25) is 4.98 Å². The number of nitrogens with two attached hydrogens (primary N) is 1. The monoisotopic (exact) mass is 197 g/mol. The standard InChI is InChI=1S/C8H11N3OS/c9-8(13)11(5-6-12)7-1-3-10-4-2-7/h1-4,12H,5-6H2,(H2,9,13). The predicted molar refractivity (Wildman–Crippen MR) is 55.5 cm³/mol. The first-order valence-corrected chi connectivity index (χ1v) is 4.24. The second kappa shape index (κ2) is 4.74. The van der Waals surface area contributed by atoms with Crippen LogP contribution in [0.2, 0.25) is 0 Å². The van der Waals surface area contributed by atoms with Gasteiger partial charge in [0.1, 0.15) is 0 Å². The zero-order valence-electron chi connectivity index (χ0n) is 7.05. The molecule has 0 amide bonds. The third-order valence-electron chi connectivity index (χ3n) is 1.56. The number of thiocarbonyl (C=S) groups is 1. The van der Waals surface area contributed by atoms with Crippen LogP contribution < -0.4 is 10.6 Å². The van der Waals surface area contributed by atoms with E-state index in [4.69, 9.17) is 23.1 Å². The van der Waals surface area contributed by atoms with E-state index in [0.29, 0.717) is 6.54 Å². The Labute approximate surface area is 82.0 Å². The molecule has 0 aliphatic carbocycles. The smallest absolute Gasteiger partial charge is 0.170 e. The molecule has 0 fully saturated rings. The molecule has 5 heteroatoms. The van der Waals surface area contributed by atoms with Crippen molar-refractivity contribution in [3.8, 4) is 0 Å². The summed E-state index contributed by atoms with van der Waals surface area (Å²) < 4.78 is 0. The lowest BCUT2D eigenvalue weighted by Crippen LogP contribution is -2.37. The zero-order chi connectivity index (χ0) is 9.68. The van der Waals surface area contributed by atoms with Crippen LogP contribution in [0.3, 0.4) is 0 Å². The average molecular weight is 197 g/mol. The number of aliphatic hydroxyl groups excluding tert-OH is 1. The molecule has 1 aromatic rings. The second-order valence-corrected chi connectivity index (χ2v) is 2.84. The van der Waals surface area contributed by atoms with Gasteiger partial charge in [0.15, 0.2) is 5.11 Å². The van der Waals surface area contributed by atoms with Gasteiger partial charge in [-0.1, -0.05) is 0 Å². The summed E-state index contributed by atoms with van der Waals surface area (Å²) in [7, 11) is 0. The van der Waals surface area contributed by atoms with Gasteiger partial charge in [-0.2, -0.15) is 0 Å². The number of hydrogen-bond acceptors (Lipinski definition) is 3. The van der Waals surface area contributed by atoms with Crippen LogP contribution in [0, 0.1) is 0 Å². The number of aliphatic hydroxyl groups is 1. The molecule has 3 N–H and O–H groups in total. The van der Waals surface area contributed by atoms with E-state index in [1.165, 1.54) is 0 Å². The highest BCUT2D eigenvalue weighted by Gasteiger charge is 2.06. The summed E-state index contributed by atoms with van der Waals surface area (Å²) in [6.07, 6.45) is 3.30. The summed E-state index contributed by atoms with van der Waals surface area (Å²) in [6, 6.07) is 3.57. The zero-order valence-corrected chi connectivity index (χ0v) is 7.87. The van der Waals surface area contributed by atoms with Crippen LogP contribution in [0.15, 0.2) is 24.5 Å². The first-order chi connectivity index (χ1) is 6.25. The van der Waals surface area contributed by atoms with Crippen molar-refractivity contribution < 1.29 is 5.11 Å². The summed E-state index contributed by atoms with van der Waals surface area (Å²) in [4.78, 5) is 5.52. The molecule has 1 aromatic heterocycles. The summed E-state index contributed by atoms with van der Waals surface area (Å²) in [5.41, 5.74) is 6.32. The van der Waals surface area contributed by atoms with Gasteiger partial charge in [-0.05, 0) is 24.4 Å². The largest absolute Gasteiger partial charge is 0.395 e. The fourth-order valence-corrected chi connectivity index (χ4v) is 1.19. The molecule has 70 valence electrons. The van der Waals surface area contributed by atoms with Gasteiger partial charge < -0.3 is 15.7 Å². The van der Waals surface area contributed by atoms with E-state index in [9.17, 15) is 0 Å². The number of rotatable bonds is 3. The van der Waals surface area contributed by atoms with Crippen molar-refractivity contribution in [1.82, 2.24) is 4.98 Å². The van der Waals surface area contributed by atoms with Crippen molar-refractivity contribution in [3.63, 3.8) is 0 Å². The fourth-order valence-electron chi connectivity index (χ4n) is 0.991. The fraction of sp³-hybridized carbons (Fsp3) is 0.250. The molecule has 0 aliphatic rings. The third-order valence-corrected chi connectivity index (χ3v) is 1.78. The topological polar surface area (TPSA) is 62.4 Å². The number of hydrogen-bond donors (Lipinski definition) is 2. The van der Waals surface area contributed by atoms with Crippen molar-refractivity contribution in [2.24, 2.45) is 5.73 Å². The Hall–Kier alpha value is -1.20. The second-order valence-electron chi connectivity index (χ2n) is 2.42. The van der Waals surface area contributed by atoms with Crippen molar-refractivity contribution in [2.75, 3.05) is 18.1 Å². The van der Waals surface area contributed by atoms with Crippen molar-refractivity contribution in [3.05, 3.63) is 24.5 Å². The number of aromatic nitrogens is 1. The van der Waals surface area contributed by atoms with Gasteiger partial charge >= 0.3 is 0 Å². The minimum absolute atomic E-state index is 0.0136. The molecule has 0 radical (unpaired) electrons. The van der Waals surface area contributed by atoms with Gasteiger partial charge in [0.25, 0.3) is 0 Å². The quantitative estimate of drug-likeness (QED) is 0.674. The molecule has 0 saturated carbocycles. The highest BCUT2D eigenvalue weighted by atomic mass is 32.1. The Bertz CT molecular complexity index is 278. The molecule has 1 rings (SSSR count). The van der Waals surface area contributed by atoms with Gasteiger partial charge in [0, 0.05) is 24.6 Å². The van der Waals surface area contributed by atoms with E-state index < -0.39 is 0 Å². The van der Waals surface area contributed by atoms with Crippen molar-refractivity contribution in [1.29, 1.82) is 0 Å². The Morgan fingerprint density at radius 1 is 1.54 bits per heavy atom. The molecule has 1 heterocycles. The highest BCUT2D eigenvalue weighted by molar-refractivity contribution is 7.80. The highest BCUT2D eigenvalue weighted by Crippen LogP contribution is 2.10. The first-order valence-electron chi connectivity index (χ1n) is 3.83. The molecule has 0 aliphatic heterocycles. The minimum atomic E-state index is 0.0136. The van der Waals surface area contributed by atoms with E-state index in [-0.39, 0.29) is 11.7 Å². The summed E-state index contributed by atoms with van der Waals surface area (Å²) >= 11 is 4.84. The molecule has 0 bridgehead atoms. The van der Waals surface area contributed by atoms with Crippen LogP contribution in [0.4, 0.5) is 5.69 Å². The lowest BCUT2D eigenvalue weighted by atomic mass is 10.3. The van der Waals surface area contributed by atoms with Gasteiger partial charge in [-0.15, -0.1) is 0 Å². The Morgan fingerprint density at radius 3 is 2.62 bits per heavy atom. The maximum Gasteiger partial charge on any atom is 0.170 e. The molecule has 0 aromatic carbocycles. The Morgan fingerprint density at radius 2 is 2.15 bits per heavy atom. The Balaban J connectivity index is 2.82. The molecule has 0 spiro atoms. The van der Waals surface area contributed by atoms with E-state index in [0.717, 1.165) is 5.69 Å². The normalized spacial score (nSPS) is 9.62. The van der Waals surface area contributed by atoms with Gasteiger partial charge in [-0.25, -0.2) is 0 Å².